The van der Waals surface area contributed by atoms with Crippen LogP contribution < -0.4 is 0 Å². The van der Waals surface area contributed by atoms with E-state index in [0.29, 0.717) is 16.0 Å². The van der Waals surface area contributed by atoms with E-state index in [1.54, 1.807) is 24.3 Å². The molecule has 0 aliphatic heterocycles. The highest BCUT2D eigenvalue weighted by Crippen LogP contribution is 2.26. The second-order valence-electron chi connectivity index (χ2n) is 3.53. The second kappa shape index (κ2) is 4.42. The van der Waals surface area contributed by atoms with Crippen LogP contribution >= 0.6 is 12.2 Å². The average molecular weight is 247 g/mol. The molecule has 0 fully saturated rings. The van der Waals surface area contributed by atoms with Crippen LogP contribution in [0, 0.1) is 21.7 Å². The lowest BCUT2D eigenvalue weighted by molar-refractivity contribution is -0.384. The Morgan fingerprint density at radius 2 is 2.12 bits per heavy atom. The third-order valence-corrected chi connectivity index (χ3v) is 2.44. The van der Waals surface area contributed by atoms with Gasteiger partial charge in [0.05, 0.1) is 10.5 Å². The molecule has 0 amide bonds. The Balaban J connectivity index is 2.68. The van der Waals surface area contributed by atoms with Crippen molar-refractivity contribution in [2.24, 2.45) is 0 Å². The maximum atomic E-state index is 10.9. The minimum atomic E-state index is -0.434. The zero-order valence-corrected chi connectivity index (χ0v) is 9.82. The molecule has 0 spiro atoms. The van der Waals surface area contributed by atoms with Crippen LogP contribution in [0.25, 0.3) is 11.4 Å². The van der Waals surface area contributed by atoms with E-state index < -0.39 is 4.92 Å². The van der Waals surface area contributed by atoms with E-state index in [1.807, 2.05) is 6.92 Å². The molecule has 1 aromatic heterocycles. The van der Waals surface area contributed by atoms with Crippen molar-refractivity contribution < 1.29 is 4.92 Å². The molecule has 17 heavy (non-hydrogen) atoms. The zero-order chi connectivity index (χ0) is 12.4. The number of nitro benzene ring substituents is 1. The average Bonchev–Trinajstić information content (AvgIpc) is 2.27. The predicted molar refractivity (Wildman–Crippen MR) is 66.2 cm³/mol. The highest BCUT2D eigenvalue weighted by Gasteiger charge is 2.15. The fourth-order valence-electron chi connectivity index (χ4n) is 1.54. The fraction of sp³-hybridized carbons (Fsp3) is 0.0909. The first kappa shape index (κ1) is 11.4. The summed E-state index contributed by atoms with van der Waals surface area (Å²) < 4.78 is 0.411. The Labute approximate surface area is 102 Å². The number of aromatic nitrogens is 2. The van der Waals surface area contributed by atoms with Crippen LogP contribution in [-0.4, -0.2) is 14.9 Å². The molecule has 0 bridgehead atoms. The molecule has 0 saturated carbocycles. The Hall–Kier alpha value is -2.08. The largest absolute Gasteiger partial charge is 0.343 e. The second-order valence-corrected chi connectivity index (χ2v) is 3.94. The molecule has 0 unspecified atom stereocenters. The molecule has 86 valence electrons. The molecule has 5 nitrogen and oxygen atoms in total. The standard InChI is InChI=1S/C11H9N3O2S/c1-7-6-10(17)13-11(12-7)8-4-2-3-5-9(8)14(15)16/h2-6H,1H3,(H,12,13,17). The van der Waals surface area contributed by atoms with Gasteiger partial charge in [0, 0.05) is 11.8 Å². The van der Waals surface area contributed by atoms with Crippen molar-refractivity contribution in [3.8, 4) is 11.4 Å². The molecule has 1 aromatic carbocycles. The lowest BCUT2D eigenvalue weighted by Gasteiger charge is -2.03. The van der Waals surface area contributed by atoms with Gasteiger partial charge in [0.1, 0.15) is 10.5 Å². The first-order valence-corrected chi connectivity index (χ1v) is 5.30. The zero-order valence-electron chi connectivity index (χ0n) is 9.01. The molecular formula is C11H9N3O2S. The van der Waals surface area contributed by atoms with Gasteiger partial charge < -0.3 is 4.98 Å². The summed E-state index contributed by atoms with van der Waals surface area (Å²) in [4.78, 5) is 17.5. The van der Waals surface area contributed by atoms with E-state index in [0.717, 1.165) is 5.69 Å². The summed E-state index contributed by atoms with van der Waals surface area (Å²) in [6.45, 7) is 1.83. The highest BCUT2D eigenvalue weighted by atomic mass is 32.1. The summed E-state index contributed by atoms with van der Waals surface area (Å²) in [5, 5.41) is 10.9. The molecule has 2 aromatic rings. The predicted octanol–water partition coefficient (Wildman–Crippen LogP) is 3.02. The van der Waals surface area contributed by atoms with Crippen LogP contribution in [0.15, 0.2) is 30.3 Å². The molecule has 0 saturated heterocycles. The number of nitrogens with zero attached hydrogens (tertiary/aromatic N) is 2. The molecule has 0 radical (unpaired) electrons. The van der Waals surface area contributed by atoms with Crippen molar-refractivity contribution in [2.75, 3.05) is 0 Å². The summed E-state index contributed by atoms with van der Waals surface area (Å²) in [5.74, 6) is 0.419. The van der Waals surface area contributed by atoms with Gasteiger partial charge in [0.2, 0.25) is 0 Å². The van der Waals surface area contributed by atoms with Crippen molar-refractivity contribution >= 4 is 17.9 Å². The molecule has 2 rings (SSSR count). The van der Waals surface area contributed by atoms with Gasteiger partial charge in [-0.05, 0) is 19.1 Å². The van der Waals surface area contributed by atoms with Crippen LogP contribution in [0.5, 0.6) is 0 Å². The van der Waals surface area contributed by atoms with Crippen LogP contribution in [0.2, 0.25) is 0 Å². The van der Waals surface area contributed by atoms with Gasteiger partial charge in [-0.15, -0.1) is 0 Å². The number of aromatic amines is 1. The quantitative estimate of drug-likeness (QED) is 0.503. The summed E-state index contributed by atoms with van der Waals surface area (Å²) in [6, 6.07) is 8.13. The van der Waals surface area contributed by atoms with Crippen molar-refractivity contribution in [2.45, 2.75) is 6.92 Å². The number of H-pyrrole nitrogens is 1. The topological polar surface area (TPSA) is 71.8 Å². The minimum Gasteiger partial charge on any atom is -0.343 e. The summed E-state index contributed by atoms with van der Waals surface area (Å²) in [6.07, 6.45) is 0. The molecule has 0 atom stereocenters. The van der Waals surface area contributed by atoms with Gasteiger partial charge in [-0.1, -0.05) is 24.4 Å². The summed E-state index contributed by atoms with van der Waals surface area (Å²) >= 11 is 5.00. The van der Waals surface area contributed by atoms with E-state index in [4.69, 9.17) is 12.2 Å². The number of hydrogen-bond donors (Lipinski definition) is 1. The normalized spacial score (nSPS) is 10.2. The summed E-state index contributed by atoms with van der Waals surface area (Å²) in [5.41, 5.74) is 1.27. The number of benzene rings is 1. The van der Waals surface area contributed by atoms with E-state index in [-0.39, 0.29) is 5.69 Å². The van der Waals surface area contributed by atoms with Gasteiger partial charge in [0.15, 0.2) is 0 Å². The fourth-order valence-corrected chi connectivity index (χ4v) is 1.81. The van der Waals surface area contributed by atoms with Crippen LogP contribution in [0.1, 0.15) is 5.69 Å². The molecular weight excluding hydrogens is 238 g/mol. The number of para-hydroxylation sites is 1. The SMILES string of the molecule is Cc1cc(=S)nc(-c2ccccc2[N+](=O)[O-])[nH]1. The molecule has 6 heteroatoms. The number of nitro groups is 1. The van der Waals surface area contributed by atoms with Crippen LogP contribution in [0.4, 0.5) is 5.69 Å². The van der Waals surface area contributed by atoms with Crippen LogP contribution in [0.3, 0.4) is 0 Å². The lowest BCUT2D eigenvalue weighted by atomic mass is 10.1. The van der Waals surface area contributed by atoms with Gasteiger partial charge in [-0.25, -0.2) is 4.98 Å². The minimum absolute atomic E-state index is 0.0104. The highest BCUT2D eigenvalue weighted by molar-refractivity contribution is 7.71. The van der Waals surface area contributed by atoms with Gasteiger partial charge >= 0.3 is 0 Å². The van der Waals surface area contributed by atoms with Crippen molar-refractivity contribution in [1.29, 1.82) is 0 Å². The van der Waals surface area contributed by atoms with Gasteiger partial charge in [-0.2, -0.15) is 0 Å². The molecule has 1 heterocycles. The van der Waals surface area contributed by atoms with Crippen molar-refractivity contribution in [3.05, 3.63) is 50.8 Å². The Morgan fingerprint density at radius 1 is 1.41 bits per heavy atom. The van der Waals surface area contributed by atoms with Gasteiger partial charge in [0.25, 0.3) is 5.69 Å². The number of hydrogen-bond acceptors (Lipinski definition) is 4. The smallest absolute Gasteiger partial charge is 0.280 e. The van der Waals surface area contributed by atoms with E-state index in [1.165, 1.54) is 6.07 Å². The molecule has 0 aliphatic rings. The van der Waals surface area contributed by atoms with Crippen LogP contribution in [-0.2, 0) is 0 Å². The monoisotopic (exact) mass is 247 g/mol. The first-order chi connectivity index (χ1) is 8.08. The Morgan fingerprint density at radius 3 is 2.76 bits per heavy atom. The molecule has 1 N–H and O–H groups in total. The van der Waals surface area contributed by atoms with Gasteiger partial charge in [-0.3, -0.25) is 10.1 Å². The van der Waals surface area contributed by atoms with Crippen molar-refractivity contribution in [3.63, 3.8) is 0 Å². The third-order valence-electron chi connectivity index (χ3n) is 2.23. The Bertz CT molecular complexity index is 637. The maximum Gasteiger partial charge on any atom is 0.280 e. The number of rotatable bonds is 2. The van der Waals surface area contributed by atoms with E-state index in [2.05, 4.69) is 9.97 Å². The third kappa shape index (κ3) is 2.36. The summed E-state index contributed by atoms with van der Waals surface area (Å²) in [7, 11) is 0. The lowest BCUT2D eigenvalue weighted by Crippen LogP contribution is -1.96. The van der Waals surface area contributed by atoms with E-state index >= 15 is 0 Å². The Kier molecular flexibility index (Phi) is 2.97. The first-order valence-electron chi connectivity index (χ1n) is 4.89. The number of nitrogens with one attached hydrogen (secondary N) is 1. The van der Waals surface area contributed by atoms with Crippen molar-refractivity contribution in [1.82, 2.24) is 9.97 Å². The maximum absolute atomic E-state index is 10.9. The van der Waals surface area contributed by atoms with E-state index in [9.17, 15) is 10.1 Å². The number of aryl methyl sites for hydroxylation is 1. The molecule has 0 aliphatic carbocycles.